The van der Waals surface area contributed by atoms with Crippen LogP contribution in [-0.2, 0) is 19.1 Å². The van der Waals surface area contributed by atoms with Gasteiger partial charge in [0.25, 0.3) is 0 Å². The van der Waals surface area contributed by atoms with E-state index in [1.54, 1.807) is 12.1 Å². The molecule has 1 aromatic rings. The Morgan fingerprint density at radius 3 is 2.60 bits per heavy atom. The summed E-state index contributed by atoms with van der Waals surface area (Å²) in [5, 5.41) is 11.2. The molecule has 0 fully saturated rings. The molecule has 0 aromatic heterocycles. The second kappa shape index (κ2) is 5.52. The third-order valence-corrected chi connectivity index (χ3v) is 3.17. The van der Waals surface area contributed by atoms with E-state index in [2.05, 4.69) is 9.47 Å². The van der Waals surface area contributed by atoms with Gasteiger partial charge in [0.15, 0.2) is 6.04 Å². The van der Waals surface area contributed by atoms with Crippen LogP contribution >= 0.6 is 11.6 Å². The van der Waals surface area contributed by atoms with E-state index in [0.29, 0.717) is 21.3 Å². The van der Waals surface area contributed by atoms with Crippen LogP contribution in [0.25, 0.3) is 6.08 Å². The molecule has 0 amide bonds. The smallest absolute Gasteiger partial charge is 0.336 e. The summed E-state index contributed by atoms with van der Waals surface area (Å²) in [6.07, 6.45) is 1.46. The number of benzene rings is 1. The molecule has 0 radical (unpaired) electrons. The molecule has 1 heterocycles. The molecule has 1 unspecified atom stereocenters. The SMILES string of the molecule is COC(=O)C1=Cc2ccc(Cl)cc2N(O)C1C(=O)OC. The Morgan fingerprint density at radius 1 is 1.30 bits per heavy atom. The van der Waals surface area contributed by atoms with Crippen LogP contribution in [0.4, 0.5) is 5.69 Å². The van der Waals surface area contributed by atoms with Gasteiger partial charge in [-0.05, 0) is 18.2 Å². The molecule has 0 saturated heterocycles. The van der Waals surface area contributed by atoms with Gasteiger partial charge in [0.1, 0.15) is 0 Å². The maximum atomic E-state index is 11.8. The van der Waals surface area contributed by atoms with Gasteiger partial charge in [-0.25, -0.2) is 14.7 Å². The summed E-state index contributed by atoms with van der Waals surface area (Å²) in [6.45, 7) is 0. The van der Waals surface area contributed by atoms with Crippen molar-refractivity contribution in [2.24, 2.45) is 0 Å². The fraction of sp³-hybridized carbons (Fsp3) is 0.231. The standard InChI is InChI=1S/C13H12ClNO5/c1-19-12(16)9-5-7-3-4-8(14)6-10(7)15(18)11(9)13(17)20-2/h3-6,11,18H,1-2H3. The predicted molar refractivity (Wildman–Crippen MR) is 71.5 cm³/mol. The lowest BCUT2D eigenvalue weighted by atomic mass is 9.97. The monoisotopic (exact) mass is 297 g/mol. The number of rotatable bonds is 2. The highest BCUT2D eigenvalue weighted by molar-refractivity contribution is 6.31. The molecule has 106 valence electrons. The molecule has 1 aliphatic heterocycles. The summed E-state index contributed by atoms with van der Waals surface area (Å²) in [4.78, 5) is 23.6. The zero-order valence-corrected chi connectivity index (χ0v) is 11.5. The average Bonchev–Trinajstić information content (AvgIpc) is 2.46. The third-order valence-electron chi connectivity index (χ3n) is 2.94. The highest BCUT2D eigenvalue weighted by atomic mass is 35.5. The molecule has 6 nitrogen and oxygen atoms in total. The van der Waals surface area contributed by atoms with Crippen molar-refractivity contribution in [3.8, 4) is 0 Å². The van der Waals surface area contributed by atoms with Crippen molar-refractivity contribution < 1.29 is 24.3 Å². The molecule has 7 heteroatoms. The fourth-order valence-electron chi connectivity index (χ4n) is 1.98. The molecule has 1 atom stereocenters. The number of hydrogen-bond acceptors (Lipinski definition) is 6. The summed E-state index contributed by atoms with van der Waals surface area (Å²) in [6, 6.07) is 3.42. The number of hydroxylamine groups is 1. The van der Waals surface area contributed by atoms with Gasteiger partial charge in [0.05, 0.1) is 25.5 Å². The maximum absolute atomic E-state index is 11.8. The quantitative estimate of drug-likeness (QED) is 0.837. The average molecular weight is 298 g/mol. The number of halogens is 1. The van der Waals surface area contributed by atoms with E-state index in [1.165, 1.54) is 26.4 Å². The number of anilines is 1. The van der Waals surface area contributed by atoms with Crippen LogP contribution in [0.2, 0.25) is 5.02 Å². The van der Waals surface area contributed by atoms with Gasteiger partial charge >= 0.3 is 11.9 Å². The largest absolute Gasteiger partial charge is 0.467 e. The number of ether oxygens (including phenoxy) is 2. The van der Waals surface area contributed by atoms with E-state index >= 15 is 0 Å². The lowest BCUT2D eigenvalue weighted by molar-refractivity contribution is -0.146. The summed E-state index contributed by atoms with van der Waals surface area (Å²) in [5.74, 6) is -1.50. The van der Waals surface area contributed by atoms with E-state index in [-0.39, 0.29) is 5.57 Å². The number of carbonyl (C=O) groups is 2. The lowest BCUT2D eigenvalue weighted by Gasteiger charge is -2.31. The predicted octanol–water partition coefficient (Wildman–Crippen LogP) is 1.65. The van der Waals surface area contributed by atoms with E-state index in [0.717, 1.165) is 0 Å². The number of esters is 2. The van der Waals surface area contributed by atoms with Crippen molar-refractivity contribution in [2.45, 2.75) is 6.04 Å². The van der Waals surface area contributed by atoms with Crippen LogP contribution in [0, 0.1) is 0 Å². The summed E-state index contributed by atoms with van der Waals surface area (Å²) in [5.41, 5.74) is 0.828. The Hall–Kier alpha value is -2.05. The first kappa shape index (κ1) is 14.4. The second-order valence-corrected chi connectivity index (χ2v) is 4.50. The van der Waals surface area contributed by atoms with Gasteiger partial charge < -0.3 is 9.47 Å². The molecule has 20 heavy (non-hydrogen) atoms. The number of nitrogens with zero attached hydrogens (tertiary/aromatic N) is 1. The van der Waals surface area contributed by atoms with Crippen LogP contribution in [0.3, 0.4) is 0 Å². The van der Waals surface area contributed by atoms with E-state index in [1.807, 2.05) is 0 Å². The van der Waals surface area contributed by atoms with Gasteiger partial charge in [-0.2, -0.15) is 0 Å². The zero-order chi connectivity index (χ0) is 14.9. The molecule has 1 aromatic carbocycles. The fourth-order valence-corrected chi connectivity index (χ4v) is 2.15. The first-order valence-electron chi connectivity index (χ1n) is 5.65. The zero-order valence-electron chi connectivity index (χ0n) is 10.8. The van der Waals surface area contributed by atoms with Gasteiger partial charge in [0.2, 0.25) is 0 Å². The molecule has 0 spiro atoms. The van der Waals surface area contributed by atoms with Crippen molar-refractivity contribution in [1.82, 2.24) is 0 Å². The van der Waals surface area contributed by atoms with Crippen molar-refractivity contribution in [3.63, 3.8) is 0 Å². The van der Waals surface area contributed by atoms with Gasteiger partial charge in [-0.1, -0.05) is 17.7 Å². The molecule has 0 saturated carbocycles. The minimum Gasteiger partial charge on any atom is -0.467 e. The van der Waals surface area contributed by atoms with Crippen molar-refractivity contribution in [1.29, 1.82) is 0 Å². The summed E-state index contributed by atoms with van der Waals surface area (Å²) >= 11 is 5.86. The molecule has 1 aliphatic rings. The Labute approximate surface area is 120 Å². The molecular weight excluding hydrogens is 286 g/mol. The molecule has 2 rings (SSSR count). The lowest BCUT2D eigenvalue weighted by Crippen LogP contribution is -2.45. The Bertz CT molecular complexity index is 598. The minimum absolute atomic E-state index is 0.0170. The number of carbonyl (C=O) groups excluding carboxylic acids is 2. The highest BCUT2D eigenvalue weighted by Gasteiger charge is 2.38. The van der Waals surface area contributed by atoms with Crippen LogP contribution in [0.15, 0.2) is 23.8 Å². The number of fused-ring (bicyclic) bond motifs is 1. The third kappa shape index (κ3) is 2.35. The van der Waals surface area contributed by atoms with E-state index in [4.69, 9.17) is 11.6 Å². The first-order valence-corrected chi connectivity index (χ1v) is 6.02. The summed E-state index contributed by atoms with van der Waals surface area (Å²) < 4.78 is 9.23. The van der Waals surface area contributed by atoms with Crippen LogP contribution in [-0.4, -0.2) is 37.4 Å². The Kier molecular flexibility index (Phi) is 3.96. The van der Waals surface area contributed by atoms with E-state index in [9.17, 15) is 14.8 Å². The first-order chi connectivity index (χ1) is 9.49. The number of methoxy groups -OCH3 is 2. The van der Waals surface area contributed by atoms with Gasteiger partial charge in [-0.3, -0.25) is 5.21 Å². The van der Waals surface area contributed by atoms with Gasteiger partial charge in [0, 0.05) is 10.6 Å². The Balaban J connectivity index is 2.59. The van der Waals surface area contributed by atoms with E-state index < -0.39 is 18.0 Å². The van der Waals surface area contributed by atoms with Crippen LogP contribution < -0.4 is 5.06 Å². The second-order valence-electron chi connectivity index (χ2n) is 4.06. The van der Waals surface area contributed by atoms with Crippen molar-refractivity contribution >= 4 is 35.3 Å². The van der Waals surface area contributed by atoms with Crippen molar-refractivity contribution in [3.05, 3.63) is 34.4 Å². The van der Waals surface area contributed by atoms with Crippen LogP contribution in [0.5, 0.6) is 0 Å². The highest BCUT2D eigenvalue weighted by Crippen LogP contribution is 2.34. The molecule has 1 N–H and O–H groups in total. The molecule has 0 bridgehead atoms. The van der Waals surface area contributed by atoms with Crippen LogP contribution in [0.1, 0.15) is 5.56 Å². The minimum atomic E-state index is -1.29. The number of hydrogen-bond donors (Lipinski definition) is 1. The Morgan fingerprint density at radius 2 is 2.00 bits per heavy atom. The van der Waals surface area contributed by atoms with Gasteiger partial charge in [-0.15, -0.1) is 0 Å². The molecule has 0 aliphatic carbocycles. The maximum Gasteiger partial charge on any atom is 0.336 e. The molecular formula is C13H12ClNO5. The normalized spacial score (nSPS) is 17.1. The van der Waals surface area contributed by atoms with Crippen molar-refractivity contribution in [2.75, 3.05) is 19.3 Å². The topological polar surface area (TPSA) is 76.1 Å². The summed E-state index contributed by atoms with van der Waals surface area (Å²) in [7, 11) is 2.36.